The maximum absolute atomic E-state index is 13.1. The van der Waals surface area contributed by atoms with Crippen LogP contribution in [0.15, 0.2) is 83.3 Å². The van der Waals surface area contributed by atoms with Crippen LogP contribution in [-0.2, 0) is 13.2 Å². The number of aryl methyl sites for hydroxylation is 2. The number of rotatable bonds is 7. The molecule has 1 aromatic heterocycles. The van der Waals surface area contributed by atoms with Crippen molar-refractivity contribution in [3.63, 3.8) is 0 Å². The molecule has 1 saturated heterocycles. The largest absolute Gasteiger partial charge is 0.487 e. The van der Waals surface area contributed by atoms with Crippen LogP contribution in [0.3, 0.4) is 0 Å². The summed E-state index contributed by atoms with van der Waals surface area (Å²) in [6.45, 7) is 8.41. The standard InChI is InChI=1S/C30H31N3O3/c1-22-8-14-27(15-9-22)35-21-28-23(2)36-29(31-28)25-10-12-26(13-11-25)30(34)33-18-16-32(17-19-33)20-24-6-4-3-5-7-24/h3-15H,16-21H2,1-2H3. The number of ether oxygens (including phenoxy) is 1. The minimum atomic E-state index is 0.0664. The molecule has 184 valence electrons. The topological polar surface area (TPSA) is 58.8 Å². The Balaban J connectivity index is 1.17. The van der Waals surface area contributed by atoms with Gasteiger partial charge in [-0.15, -0.1) is 0 Å². The minimum Gasteiger partial charge on any atom is -0.487 e. The van der Waals surface area contributed by atoms with E-state index in [9.17, 15) is 4.79 Å². The van der Waals surface area contributed by atoms with Crippen molar-refractivity contribution in [2.45, 2.75) is 27.0 Å². The molecule has 1 aliphatic rings. The lowest BCUT2D eigenvalue weighted by Crippen LogP contribution is -2.48. The van der Waals surface area contributed by atoms with E-state index in [2.05, 4.69) is 34.1 Å². The zero-order chi connectivity index (χ0) is 24.9. The van der Waals surface area contributed by atoms with Crippen LogP contribution in [0, 0.1) is 13.8 Å². The maximum Gasteiger partial charge on any atom is 0.253 e. The van der Waals surface area contributed by atoms with E-state index in [4.69, 9.17) is 9.15 Å². The molecule has 0 bridgehead atoms. The van der Waals surface area contributed by atoms with E-state index in [0.717, 1.165) is 55.5 Å². The molecule has 6 nitrogen and oxygen atoms in total. The van der Waals surface area contributed by atoms with Gasteiger partial charge in [-0.05, 0) is 55.8 Å². The number of carbonyl (C=O) groups is 1. The number of oxazole rings is 1. The third-order valence-corrected chi connectivity index (χ3v) is 6.58. The zero-order valence-corrected chi connectivity index (χ0v) is 20.8. The molecule has 3 aromatic carbocycles. The normalized spacial score (nSPS) is 14.1. The quantitative estimate of drug-likeness (QED) is 0.349. The van der Waals surface area contributed by atoms with Gasteiger partial charge in [0.1, 0.15) is 23.8 Å². The average Bonchev–Trinajstić information content (AvgIpc) is 3.29. The molecule has 1 amide bonds. The summed E-state index contributed by atoms with van der Waals surface area (Å²) in [4.78, 5) is 22.0. The summed E-state index contributed by atoms with van der Waals surface area (Å²) in [5.74, 6) is 2.12. The van der Waals surface area contributed by atoms with Crippen molar-refractivity contribution in [1.29, 1.82) is 0 Å². The predicted octanol–water partition coefficient (Wildman–Crippen LogP) is 5.50. The van der Waals surface area contributed by atoms with Crippen LogP contribution < -0.4 is 4.74 Å². The van der Waals surface area contributed by atoms with Gasteiger partial charge in [-0.25, -0.2) is 4.98 Å². The number of aromatic nitrogens is 1. The number of hydrogen-bond donors (Lipinski definition) is 0. The molecule has 1 aliphatic heterocycles. The molecule has 0 unspecified atom stereocenters. The van der Waals surface area contributed by atoms with Crippen molar-refractivity contribution in [2.24, 2.45) is 0 Å². The van der Waals surface area contributed by atoms with Gasteiger partial charge in [-0.3, -0.25) is 9.69 Å². The van der Waals surface area contributed by atoms with E-state index in [-0.39, 0.29) is 5.91 Å². The van der Waals surface area contributed by atoms with E-state index in [1.54, 1.807) is 0 Å². The SMILES string of the molecule is Cc1ccc(OCc2nc(-c3ccc(C(=O)N4CCN(Cc5ccccc5)CC4)cc3)oc2C)cc1. The number of amides is 1. The van der Waals surface area contributed by atoms with Crippen molar-refractivity contribution in [3.05, 3.63) is 107 Å². The molecule has 0 spiro atoms. The summed E-state index contributed by atoms with van der Waals surface area (Å²) in [7, 11) is 0. The highest BCUT2D eigenvalue weighted by Crippen LogP contribution is 2.24. The third kappa shape index (κ3) is 5.66. The number of piperazine rings is 1. The Kier molecular flexibility index (Phi) is 7.14. The van der Waals surface area contributed by atoms with Crippen LogP contribution in [-0.4, -0.2) is 46.9 Å². The van der Waals surface area contributed by atoms with E-state index >= 15 is 0 Å². The smallest absolute Gasteiger partial charge is 0.253 e. The predicted molar refractivity (Wildman–Crippen MR) is 140 cm³/mol. The molecule has 6 heteroatoms. The lowest BCUT2D eigenvalue weighted by Gasteiger charge is -2.34. The van der Waals surface area contributed by atoms with Crippen LogP contribution in [0.25, 0.3) is 11.5 Å². The molecule has 0 saturated carbocycles. The van der Waals surface area contributed by atoms with Crippen LogP contribution in [0.1, 0.15) is 32.9 Å². The highest BCUT2D eigenvalue weighted by molar-refractivity contribution is 5.94. The number of carbonyl (C=O) groups excluding carboxylic acids is 1. The minimum absolute atomic E-state index is 0.0664. The molecule has 2 heterocycles. The van der Waals surface area contributed by atoms with Gasteiger partial charge in [0, 0.05) is 43.9 Å². The van der Waals surface area contributed by atoms with E-state index in [1.165, 1.54) is 11.1 Å². The average molecular weight is 482 g/mol. The summed E-state index contributed by atoms with van der Waals surface area (Å²) in [6, 6.07) is 25.9. The monoisotopic (exact) mass is 481 g/mol. The van der Waals surface area contributed by atoms with E-state index in [1.807, 2.05) is 73.3 Å². The van der Waals surface area contributed by atoms with Gasteiger partial charge in [-0.2, -0.15) is 0 Å². The fourth-order valence-electron chi connectivity index (χ4n) is 4.36. The fraction of sp³-hybridized carbons (Fsp3) is 0.267. The van der Waals surface area contributed by atoms with Gasteiger partial charge in [0.05, 0.1) is 0 Å². The molecule has 36 heavy (non-hydrogen) atoms. The summed E-state index contributed by atoms with van der Waals surface area (Å²) in [5.41, 5.74) is 4.78. The molecule has 4 aromatic rings. The first kappa shape index (κ1) is 23.8. The molecule has 0 radical (unpaired) electrons. The summed E-state index contributed by atoms with van der Waals surface area (Å²) in [5, 5.41) is 0. The van der Waals surface area contributed by atoms with E-state index in [0.29, 0.717) is 18.1 Å². The second kappa shape index (κ2) is 10.8. The van der Waals surface area contributed by atoms with Crippen LogP contribution in [0.5, 0.6) is 5.75 Å². The molecule has 5 rings (SSSR count). The highest BCUT2D eigenvalue weighted by Gasteiger charge is 2.22. The molecular formula is C30H31N3O3. The Morgan fingerprint density at radius 2 is 1.58 bits per heavy atom. The summed E-state index contributed by atoms with van der Waals surface area (Å²) >= 11 is 0. The fourth-order valence-corrected chi connectivity index (χ4v) is 4.36. The maximum atomic E-state index is 13.1. The molecular weight excluding hydrogens is 450 g/mol. The van der Waals surface area contributed by atoms with Gasteiger partial charge in [0.25, 0.3) is 5.91 Å². The molecule has 0 atom stereocenters. The second-order valence-corrected chi connectivity index (χ2v) is 9.25. The lowest BCUT2D eigenvalue weighted by molar-refractivity contribution is 0.0628. The molecule has 1 fully saturated rings. The first-order chi connectivity index (χ1) is 17.5. The van der Waals surface area contributed by atoms with Crippen molar-refractivity contribution in [2.75, 3.05) is 26.2 Å². The Bertz CT molecular complexity index is 1290. The van der Waals surface area contributed by atoms with Crippen molar-refractivity contribution in [1.82, 2.24) is 14.8 Å². The van der Waals surface area contributed by atoms with Gasteiger partial charge in [0.15, 0.2) is 0 Å². The Morgan fingerprint density at radius 1 is 0.889 bits per heavy atom. The Labute approximate surface area is 212 Å². The van der Waals surface area contributed by atoms with Crippen LogP contribution >= 0.6 is 0 Å². The highest BCUT2D eigenvalue weighted by atomic mass is 16.5. The van der Waals surface area contributed by atoms with Crippen LogP contribution in [0.4, 0.5) is 0 Å². The summed E-state index contributed by atoms with van der Waals surface area (Å²) < 4.78 is 11.8. The number of benzene rings is 3. The second-order valence-electron chi connectivity index (χ2n) is 9.25. The van der Waals surface area contributed by atoms with Gasteiger partial charge < -0.3 is 14.1 Å². The van der Waals surface area contributed by atoms with Gasteiger partial charge >= 0.3 is 0 Å². The van der Waals surface area contributed by atoms with Gasteiger partial charge in [-0.1, -0.05) is 48.0 Å². The van der Waals surface area contributed by atoms with E-state index < -0.39 is 0 Å². The Hall–Kier alpha value is -3.90. The van der Waals surface area contributed by atoms with Gasteiger partial charge in [0.2, 0.25) is 5.89 Å². The number of nitrogens with zero attached hydrogens (tertiary/aromatic N) is 3. The van der Waals surface area contributed by atoms with Crippen molar-refractivity contribution in [3.8, 4) is 17.2 Å². The van der Waals surface area contributed by atoms with Crippen molar-refractivity contribution < 1.29 is 13.9 Å². The van der Waals surface area contributed by atoms with Crippen LogP contribution in [0.2, 0.25) is 0 Å². The lowest BCUT2D eigenvalue weighted by atomic mass is 10.1. The number of hydrogen-bond acceptors (Lipinski definition) is 5. The van der Waals surface area contributed by atoms with Crippen molar-refractivity contribution >= 4 is 5.91 Å². The first-order valence-electron chi connectivity index (χ1n) is 12.4. The Morgan fingerprint density at radius 3 is 2.28 bits per heavy atom. The zero-order valence-electron chi connectivity index (χ0n) is 20.8. The summed E-state index contributed by atoms with van der Waals surface area (Å²) in [6.07, 6.45) is 0. The first-order valence-corrected chi connectivity index (χ1v) is 12.4. The third-order valence-electron chi connectivity index (χ3n) is 6.58. The molecule has 0 N–H and O–H groups in total. The molecule has 0 aliphatic carbocycles.